The Labute approximate surface area is 113 Å². The predicted octanol–water partition coefficient (Wildman–Crippen LogP) is 0.898. The van der Waals surface area contributed by atoms with Gasteiger partial charge in [-0.05, 0) is 25.2 Å². The minimum Gasteiger partial charge on any atom is -0.465 e. The summed E-state index contributed by atoms with van der Waals surface area (Å²) in [5.74, 6) is -0.305. The lowest BCUT2D eigenvalue weighted by Crippen LogP contribution is -2.50. The number of rotatable bonds is 4. The summed E-state index contributed by atoms with van der Waals surface area (Å²) in [6, 6.07) is 7.82. The highest BCUT2D eigenvalue weighted by Crippen LogP contribution is 2.21. The number of nitrogens with zero attached hydrogens (tertiary/aromatic N) is 1. The molecule has 1 atom stereocenters. The third-order valence-corrected chi connectivity index (χ3v) is 3.27. The van der Waals surface area contributed by atoms with Gasteiger partial charge in [-0.1, -0.05) is 6.07 Å². The van der Waals surface area contributed by atoms with Gasteiger partial charge in [0, 0.05) is 18.8 Å². The zero-order chi connectivity index (χ0) is 13.7. The molecule has 1 heterocycles. The second kappa shape index (κ2) is 6.54. The number of benzene rings is 1. The zero-order valence-corrected chi connectivity index (χ0v) is 11.4. The Morgan fingerprint density at radius 1 is 1.58 bits per heavy atom. The Morgan fingerprint density at radius 2 is 2.42 bits per heavy atom. The Hall–Kier alpha value is -1.59. The lowest BCUT2D eigenvalue weighted by atomic mass is 10.1. The summed E-state index contributed by atoms with van der Waals surface area (Å²) in [4.78, 5) is 13.8. The summed E-state index contributed by atoms with van der Waals surface area (Å²) in [6.07, 6.45) is 0. The molecule has 104 valence electrons. The molecule has 19 heavy (non-hydrogen) atoms. The van der Waals surface area contributed by atoms with E-state index in [2.05, 4.69) is 10.2 Å². The second-order valence-electron chi connectivity index (χ2n) is 4.52. The Bertz CT molecular complexity index is 434. The molecule has 0 aromatic heterocycles. The van der Waals surface area contributed by atoms with Gasteiger partial charge >= 0.3 is 5.97 Å². The van der Waals surface area contributed by atoms with Crippen LogP contribution in [0.3, 0.4) is 0 Å². The molecule has 1 aliphatic heterocycles. The molecular weight excluding hydrogens is 244 g/mol. The van der Waals surface area contributed by atoms with Gasteiger partial charge in [0.25, 0.3) is 0 Å². The first kappa shape index (κ1) is 13.8. The van der Waals surface area contributed by atoms with Crippen molar-refractivity contribution < 1.29 is 14.3 Å². The van der Waals surface area contributed by atoms with Crippen LogP contribution in [0, 0.1) is 0 Å². The number of nitrogens with one attached hydrogen (secondary N) is 1. The van der Waals surface area contributed by atoms with Crippen LogP contribution < -0.4 is 10.2 Å². The molecule has 1 aromatic carbocycles. The summed E-state index contributed by atoms with van der Waals surface area (Å²) in [5.41, 5.74) is 1.61. The van der Waals surface area contributed by atoms with Gasteiger partial charge in [0.1, 0.15) is 0 Å². The van der Waals surface area contributed by atoms with E-state index in [-0.39, 0.29) is 12.0 Å². The molecule has 5 heteroatoms. The normalized spacial score (nSPS) is 19.3. The smallest absolute Gasteiger partial charge is 0.337 e. The molecule has 1 saturated heterocycles. The number of esters is 1. The Kier molecular flexibility index (Phi) is 4.76. The van der Waals surface area contributed by atoms with Gasteiger partial charge in [-0.2, -0.15) is 0 Å². The van der Waals surface area contributed by atoms with Gasteiger partial charge in [-0.25, -0.2) is 4.79 Å². The number of hydrogen-bond acceptors (Lipinski definition) is 5. The van der Waals surface area contributed by atoms with Crippen molar-refractivity contribution >= 4 is 11.7 Å². The van der Waals surface area contributed by atoms with Gasteiger partial charge in [0.05, 0.1) is 31.9 Å². The first-order valence-electron chi connectivity index (χ1n) is 6.43. The van der Waals surface area contributed by atoms with Crippen LogP contribution in [0.1, 0.15) is 10.4 Å². The summed E-state index contributed by atoms with van der Waals surface area (Å²) in [5, 5.41) is 3.17. The van der Waals surface area contributed by atoms with Crippen LogP contribution in [0.15, 0.2) is 24.3 Å². The molecule has 1 N–H and O–H groups in total. The largest absolute Gasteiger partial charge is 0.465 e. The second-order valence-corrected chi connectivity index (χ2v) is 4.52. The van der Waals surface area contributed by atoms with Crippen LogP contribution >= 0.6 is 0 Å². The van der Waals surface area contributed by atoms with Crippen molar-refractivity contribution in [3.05, 3.63) is 29.8 Å². The lowest BCUT2D eigenvalue weighted by molar-refractivity contribution is 0.0600. The first-order chi connectivity index (χ1) is 9.26. The van der Waals surface area contributed by atoms with Crippen LogP contribution in [-0.2, 0) is 9.47 Å². The molecule has 1 fully saturated rings. The van der Waals surface area contributed by atoms with Gasteiger partial charge in [0.15, 0.2) is 0 Å². The molecule has 0 spiro atoms. The van der Waals surface area contributed by atoms with Crippen LogP contribution in [-0.4, -0.2) is 52.5 Å². The minimum absolute atomic E-state index is 0.284. The van der Waals surface area contributed by atoms with Crippen molar-refractivity contribution in [2.24, 2.45) is 0 Å². The quantitative estimate of drug-likeness (QED) is 0.819. The van der Waals surface area contributed by atoms with Crippen LogP contribution in [0.5, 0.6) is 0 Å². The van der Waals surface area contributed by atoms with Crippen molar-refractivity contribution in [3.8, 4) is 0 Å². The SMILES string of the molecule is CNCC1COCCN1c1cccc(C(=O)OC)c1. The van der Waals surface area contributed by atoms with E-state index in [1.807, 2.05) is 25.2 Å². The number of morpholine rings is 1. The van der Waals surface area contributed by atoms with Crippen LogP contribution in [0.25, 0.3) is 0 Å². The molecule has 1 aliphatic rings. The number of ether oxygens (including phenoxy) is 2. The topological polar surface area (TPSA) is 50.8 Å². The van der Waals surface area contributed by atoms with Crippen molar-refractivity contribution in [3.63, 3.8) is 0 Å². The summed E-state index contributed by atoms with van der Waals surface area (Å²) >= 11 is 0. The fourth-order valence-corrected chi connectivity index (χ4v) is 2.33. The van der Waals surface area contributed by atoms with Crippen LogP contribution in [0.4, 0.5) is 5.69 Å². The van der Waals surface area contributed by atoms with E-state index in [4.69, 9.17) is 9.47 Å². The molecule has 0 radical (unpaired) electrons. The monoisotopic (exact) mass is 264 g/mol. The van der Waals surface area contributed by atoms with E-state index in [1.165, 1.54) is 7.11 Å². The van der Waals surface area contributed by atoms with E-state index in [0.29, 0.717) is 18.8 Å². The number of hydrogen-bond donors (Lipinski definition) is 1. The molecule has 5 nitrogen and oxygen atoms in total. The third kappa shape index (κ3) is 3.24. The zero-order valence-electron chi connectivity index (χ0n) is 11.4. The fourth-order valence-electron chi connectivity index (χ4n) is 2.33. The van der Waals surface area contributed by atoms with E-state index < -0.39 is 0 Å². The minimum atomic E-state index is -0.305. The molecule has 0 aliphatic carbocycles. The molecule has 0 amide bonds. The summed E-state index contributed by atoms with van der Waals surface area (Å²) in [6.45, 7) is 3.09. The lowest BCUT2D eigenvalue weighted by Gasteiger charge is -2.37. The molecule has 2 rings (SSSR count). The van der Waals surface area contributed by atoms with Gasteiger partial charge < -0.3 is 19.7 Å². The maximum atomic E-state index is 11.6. The number of methoxy groups -OCH3 is 1. The number of carbonyl (C=O) groups excluding carboxylic acids is 1. The van der Waals surface area contributed by atoms with Crippen molar-refractivity contribution in [2.75, 3.05) is 45.4 Å². The third-order valence-electron chi connectivity index (χ3n) is 3.27. The number of likely N-dealkylation sites (N-methyl/N-ethyl adjacent to an activating group) is 1. The van der Waals surface area contributed by atoms with Crippen molar-refractivity contribution in [1.82, 2.24) is 5.32 Å². The number of carbonyl (C=O) groups is 1. The number of anilines is 1. The maximum absolute atomic E-state index is 11.6. The average molecular weight is 264 g/mol. The van der Waals surface area contributed by atoms with E-state index in [9.17, 15) is 4.79 Å². The average Bonchev–Trinajstić information content (AvgIpc) is 2.47. The highest BCUT2D eigenvalue weighted by Gasteiger charge is 2.23. The van der Waals surface area contributed by atoms with Crippen LogP contribution in [0.2, 0.25) is 0 Å². The van der Waals surface area contributed by atoms with E-state index in [0.717, 1.165) is 18.8 Å². The van der Waals surface area contributed by atoms with Gasteiger partial charge in [0.2, 0.25) is 0 Å². The highest BCUT2D eigenvalue weighted by molar-refractivity contribution is 5.90. The van der Waals surface area contributed by atoms with Gasteiger partial charge in [-0.3, -0.25) is 0 Å². The van der Waals surface area contributed by atoms with Crippen molar-refractivity contribution in [1.29, 1.82) is 0 Å². The molecule has 1 aromatic rings. The highest BCUT2D eigenvalue weighted by atomic mass is 16.5. The Balaban J connectivity index is 2.21. The molecular formula is C14H20N2O3. The standard InChI is InChI=1S/C14H20N2O3/c1-15-9-13-10-19-7-6-16(13)12-5-3-4-11(8-12)14(17)18-2/h3-5,8,13,15H,6-7,9-10H2,1-2H3. The Morgan fingerprint density at radius 3 is 3.16 bits per heavy atom. The fraction of sp³-hybridized carbons (Fsp3) is 0.500. The summed E-state index contributed by atoms with van der Waals surface area (Å²) in [7, 11) is 3.32. The van der Waals surface area contributed by atoms with Crippen molar-refractivity contribution in [2.45, 2.75) is 6.04 Å². The van der Waals surface area contributed by atoms with E-state index in [1.54, 1.807) is 6.07 Å². The first-order valence-corrected chi connectivity index (χ1v) is 6.43. The van der Waals surface area contributed by atoms with Gasteiger partial charge in [-0.15, -0.1) is 0 Å². The maximum Gasteiger partial charge on any atom is 0.337 e. The molecule has 0 saturated carbocycles. The van der Waals surface area contributed by atoms with E-state index >= 15 is 0 Å². The predicted molar refractivity (Wildman–Crippen MR) is 73.7 cm³/mol. The molecule has 0 bridgehead atoms. The summed E-state index contributed by atoms with van der Waals surface area (Å²) < 4.78 is 10.3. The molecule has 1 unspecified atom stereocenters.